The molecule has 0 spiro atoms. The third-order valence-corrected chi connectivity index (χ3v) is 6.27. The Morgan fingerprint density at radius 2 is 1.84 bits per heavy atom. The Kier molecular flexibility index (Phi) is 6.50. The Balaban J connectivity index is 1.90. The highest BCUT2D eigenvalue weighted by Gasteiger charge is 2.31. The molecule has 3 rings (SSSR count). The lowest BCUT2D eigenvalue weighted by molar-refractivity contribution is -0.137. The SMILES string of the molecule is CC1=NC(C(=O)NS(=O)(=O)c2c(F)cccc2Cl)=C/C1=C\c1cc(Cl)cc(C(F)(F)F)c1. The molecule has 0 aromatic heterocycles. The van der Waals surface area contributed by atoms with Crippen LogP contribution in [0.15, 0.2) is 63.6 Å². The molecule has 0 saturated heterocycles. The first kappa shape index (κ1) is 24.0. The van der Waals surface area contributed by atoms with E-state index in [1.807, 2.05) is 0 Å². The predicted molar refractivity (Wildman–Crippen MR) is 112 cm³/mol. The Hall–Kier alpha value is -2.69. The van der Waals surface area contributed by atoms with Crippen molar-refractivity contribution in [2.24, 2.45) is 4.99 Å². The third-order valence-electron chi connectivity index (χ3n) is 4.22. The fourth-order valence-corrected chi connectivity index (χ4v) is 4.61. The van der Waals surface area contributed by atoms with Crippen LogP contribution >= 0.6 is 23.2 Å². The molecule has 1 N–H and O–H groups in total. The van der Waals surface area contributed by atoms with E-state index in [2.05, 4.69) is 4.99 Å². The lowest BCUT2D eigenvalue weighted by Gasteiger charge is -2.08. The molecule has 12 heteroatoms. The normalized spacial score (nSPS) is 15.5. The van der Waals surface area contributed by atoms with Gasteiger partial charge in [0.15, 0.2) is 0 Å². The second-order valence-corrected chi connectivity index (χ2v) is 9.05. The molecule has 0 atom stereocenters. The number of alkyl halides is 3. The number of allylic oxidation sites excluding steroid dienone is 2. The average Bonchev–Trinajstić information content (AvgIpc) is 3.00. The van der Waals surface area contributed by atoms with Crippen molar-refractivity contribution >= 4 is 50.9 Å². The fourth-order valence-electron chi connectivity index (χ4n) is 2.80. The quantitative estimate of drug-likeness (QED) is 0.564. The van der Waals surface area contributed by atoms with E-state index in [0.717, 1.165) is 24.3 Å². The van der Waals surface area contributed by atoms with Crippen LogP contribution in [0.25, 0.3) is 6.08 Å². The fraction of sp³-hybridized carbons (Fsp3) is 0.100. The number of sulfonamides is 1. The summed E-state index contributed by atoms with van der Waals surface area (Å²) in [5.41, 5.74) is -0.711. The Bertz CT molecular complexity index is 1300. The van der Waals surface area contributed by atoms with Gasteiger partial charge in [-0.05, 0) is 60.5 Å². The topological polar surface area (TPSA) is 75.6 Å². The molecule has 1 heterocycles. The number of carbonyl (C=O) groups is 1. The van der Waals surface area contributed by atoms with Gasteiger partial charge in [0.25, 0.3) is 15.9 Å². The first-order chi connectivity index (χ1) is 14.8. The van der Waals surface area contributed by atoms with Gasteiger partial charge in [-0.25, -0.2) is 22.5 Å². The van der Waals surface area contributed by atoms with Crippen LogP contribution < -0.4 is 4.72 Å². The highest BCUT2D eigenvalue weighted by Crippen LogP contribution is 2.33. The van der Waals surface area contributed by atoms with Crippen molar-refractivity contribution in [2.75, 3.05) is 0 Å². The molecule has 0 aliphatic carbocycles. The van der Waals surface area contributed by atoms with Gasteiger partial charge in [0.2, 0.25) is 0 Å². The molecule has 0 fully saturated rings. The largest absolute Gasteiger partial charge is 0.416 e. The zero-order valence-corrected chi connectivity index (χ0v) is 18.3. The summed E-state index contributed by atoms with van der Waals surface area (Å²) in [4.78, 5) is 15.4. The highest BCUT2D eigenvalue weighted by molar-refractivity contribution is 7.90. The lowest BCUT2D eigenvalue weighted by Crippen LogP contribution is -2.32. The maximum absolute atomic E-state index is 13.9. The maximum atomic E-state index is 13.9. The molecule has 168 valence electrons. The van der Waals surface area contributed by atoms with E-state index in [9.17, 15) is 30.8 Å². The summed E-state index contributed by atoms with van der Waals surface area (Å²) in [6, 6.07) is 6.12. The number of hydrogen-bond donors (Lipinski definition) is 1. The summed E-state index contributed by atoms with van der Waals surface area (Å²) in [6.07, 6.45) is -2.13. The van der Waals surface area contributed by atoms with Crippen LogP contribution in [0.3, 0.4) is 0 Å². The van der Waals surface area contributed by atoms with Crippen LogP contribution in [0.1, 0.15) is 18.1 Å². The lowest BCUT2D eigenvalue weighted by atomic mass is 10.1. The van der Waals surface area contributed by atoms with Gasteiger partial charge in [-0.2, -0.15) is 13.2 Å². The van der Waals surface area contributed by atoms with Crippen LogP contribution in [-0.4, -0.2) is 20.0 Å². The molecule has 0 unspecified atom stereocenters. The summed E-state index contributed by atoms with van der Waals surface area (Å²) in [5.74, 6) is -2.32. The molecule has 1 aliphatic heterocycles. The van der Waals surface area contributed by atoms with Crippen molar-refractivity contribution in [3.63, 3.8) is 0 Å². The van der Waals surface area contributed by atoms with Crippen molar-refractivity contribution in [1.29, 1.82) is 0 Å². The van der Waals surface area contributed by atoms with Crippen LogP contribution in [0, 0.1) is 5.82 Å². The minimum Gasteiger partial charge on any atom is -0.266 e. The monoisotopic (exact) mass is 506 g/mol. The third kappa shape index (κ3) is 5.20. The number of halogens is 6. The molecule has 2 aromatic carbocycles. The van der Waals surface area contributed by atoms with Crippen molar-refractivity contribution in [3.8, 4) is 0 Å². The Labute approximate surface area is 190 Å². The molecule has 1 amide bonds. The standard InChI is InChI=1S/C20H12Cl2F4N2O3S/c1-10-12(5-11-6-13(20(24,25)26)9-14(21)7-11)8-17(27-10)19(29)28-32(30,31)18-15(22)3-2-4-16(18)23/h2-9H,1H3,(H,28,29)/b12-5+. The summed E-state index contributed by atoms with van der Waals surface area (Å²) >= 11 is 11.5. The smallest absolute Gasteiger partial charge is 0.266 e. The van der Waals surface area contributed by atoms with Gasteiger partial charge in [-0.3, -0.25) is 4.79 Å². The molecule has 2 aromatic rings. The van der Waals surface area contributed by atoms with E-state index in [-0.39, 0.29) is 27.6 Å². The molecule has 0 radical (unpaired) electrons. The molecular formula is C20H12Cl2F4N2O3S. The van der Waals surface area contributed by atoms with Gasteiger partial charge in [-0.15, -0.1) is 0 Å². The van der Waals surface area contributed by atoms with E-state index in [0.29, 0.717) is 0 Å². The van der Waals surface area contributed by atoms with Gasteiger partial charge in [-0.1, -0.05) is 29.3 Å². The number of carbonyl (C=O) groups excluding carboxylic acids is 1. The van der Waals surface area contributed by atoms with Crippen molar-refractivity contribution in [2.45, 2.75) is 18.0 Å². The van der Waals surface area contributed by atoms with E-state index in [1.165, 1.54) is 31.2 Å². The summed E-state index contributed by atoms with van der Waals surface area (Å²) in [5, 5.41) is -0.568. The van der Waals surface area contributed by atoms with Crippen molar-refractivity contribution in [1.82, 2.24) is 4.72 Å². The van der Waals surface area contributed by atoms with E-state index < -0.39 is 43.4 Å². The second kappa shape index (κ2) is 8.68. The number of amides is 1. The minimum absolute atomic E-state index is 0.0954. The number of aliphatic imine (C=N–C) groups is 1. The number of rotatable bonds is 4. The van der Waals surface area contributed by atoms with E-state index >= 15 is 0 Å². The van der Waals surface area contributed by atoms with Gasteiger partial charge in [0.05, 0.1) is 10.6 Å². The number of hydrogen-bond acceptors (Lipinski definition) is 4. The Morgan fingerprint density at radius 3 is 2.47 bits per heavy atom. The molecular weight excluding hydrogens is 495 g/mol. The van der Waals surface area contributed by atoms with Crippen LogP contribution in [0.4, 0.5) is 17.6 Å². The number of nitrogens with zero attached hydrogens (tertiary/aromatic N) is 1. The predicted octanol–water partition coefficient (Wildman–Crippen LogP) is 5.40. The molecule has 5 nitrogen and oxygen atoms in total. The van der Waals surface area contributed by atoms with Gasteiger partial charge >= 0.3 is 6.18 Å². The minimum atomic E-state index is -4.66. The number of benzene rings is 2. The van der Waals surface area contributed by atoms with Crippen LogP contribution in [0.5, 0.6) is 0 Å². The molecule has 1 aliphatic rings. The van der Waals surface area contributed by atoms with Crippen molar-refractivity contribution < 1.29 is 30.8 Å². The first-order valence-electron chi connectivity index (χ1n) is 8.66. The van der Waals surface area contributed by atoms with Gasteiger partial charge in [0.1, 0.15) is 16.4 Å². The van der Waals surface area contributed by atoms with Crippen LogP contribution in [-0.2, 0) is 21.0 Å². The second-order valence-electron chi connectivity index (χ2n) is 6.58. The average molecular weight is 507 g/mol. The zero-order chi connectivity index (χ0) is 23.8. The summed E-state index contributed by atoms with van der Waals surface area (Å²) in [6.45, 7) is 1.47. The van der Waals surface area contributed by atoms with E-state index in [4.69, 9.17) is 23.2 Å². The first-order valence-corrected chi connectivity index (χ1v) is 10.9. The van der Waals surface area contributed by atoms with Crippen LogP contribution in [0.2, 0.25) is 10.0 Å². The Morgan fingerprint density at radius 1 is 1.16 bits per heavy atom. The highest BCUT2D eigenvalue weighted by atomic mass is 35.5. The number of nitrogens with one attached hydrogen (secondary N) is 1. The molecule has 0 bridgehead atoms. The summed E-state index contributed by atoms with van der Waals surface area (Å²) in [7, 11) is -4.66. The van der Waals surface area contributed by atoms with E-state index in [1.54, 1.807) is 4.72 Å². The maximum Gasteiger partial charge on any atom is 0.416 e. The van der Waals surface area contributed by atoms with Crippen molar-refractivity contribution in [3.05, 3.63) is 80.7 Å². The molecule has 0 saturated carbocycles. The van der Waals surface area contributed by atoms with Gasteiger partial charge < -0.3 is 0 Å². The molecule has 32 heavy (non-hydrogen) atoms. The summed E-state index contributed by atoms with van der Waals surface area (Å²) < 4.78 is 79.4. The zero-order valence-electron chi connectivity index (χ0n) is 16.0. The van der Waals surface area contributed by atoms with Gasteiger partial charge in [0, 0.05) is 10.7 Å².